The van der Waals surface area contributed by atoms with Gasteiger partial charge in [-0.1, -0.05) is 129 Å². The van der Waals surface area contributed by atoms with Crippen LogP contribution in [-0.4, -0.2) is 31.3 Å². The molecule has 0 aliphatic carbocycles. The van der Waals surface area contributed by atoms with Gasteiger partial charge in [0, 0.05) is 0 Å². The summed E-state index contributed by atoms with van der Waals surface area (Å²) in [5, 5.41) is 2.66. The first kappa shape index (κ1) is 31.7. The van der Waals surface area contributed by atoms with Crippen LogP contribution in [-0.2, 0) is 14.3 Å². The van der Waals surface area contributed by atoms with Gasteiger partial charge in [0.05, 0.1) is 13.2 Å². The highest BCUT2D eigenvalue weighted by molar-refractivity contribution is 5.81. The summed E-state index contributed by atoms with van der Waals surface area (Å²) < 4.78 is 10.4. The minimum atomic E-state index is -0.600. The minimum absolute atomic E-state index is 0.294. The zero-order valence-electron chi connectivity index (χ0n) is 22.3. The molecule has 196 valence electrons. The van der Waals surface area contributed by atoms with Gasteiger partial charge in [-0.2, -0.15) is 0 Å². The van der Waals surface area contributed by atoms with Crippen molar-refractivity contribution in [2.45, 2.75) is 155 Å². The second kappa shape index (κ2) is 25.4. The van der Waals surface area contributed by atoms with Crippen LogP contribution in [0.5, 0.6) is 0 Å². The predicted octanol–water partition coefficient (Wildman–Crippen LogP) is 8.49. The molecule has 0 aromatic rings. The van der Waals surface area contributed by atoms with Crippen LogP contribution in [0.25, 0.3) is 0 Å². The van der Waals surface area contributed by atoms with Crippen LogP contribution in [0.15, 0.2) is 0 Å². The summed E-state index contributed by atoms with van der Waals surface area (Å²) >= 11 is 0. The summed E-state index contributed by atoms with van der Waals surface area (Å²) in [7, 11) is 0. The molecule has 0 bridgehead atoms. The molecular formula is C28H55NO4. The summed E-state index contributed by atoms with van der Waals surface area (Å²) in [4.78, 5) is 24.1. The fourth-order valence-corrected chi connectivity index (χ4v) is 4.09. The molecule has 1 N–H and O–H groups in total. The zero-order chi connectivity index (χ0) is 24.4. The van der Waals surface area contributed by atoms with Crippen LogP contribution < -0.4 is 5.32 Å². The van der Waals surface area contributed by atoms with Gasteiger partial charge in [-0.3, -0.25) is 0 Å². The molecule has 5 heteroatoms. The number of nitrogens with one attached hydrogen (secondary N) is 1. The van der Waals surface area contributed by atoms with Crippen LogP contribution in [0, 0.1) is 0 Å². The van der Waals surface area contributed by atoms with Gasteiger partial charge in [0.25, 0.3) is 0 Å². The van der Waals surface area contributed by atoms with E-state index in [1.807, 2.05) is 0 Å². The second-order valence-corrected chi connectivity index (χ2v) is 9.38. The van der Waals surface area contributed by atoms with Crippen molar-refractivity contribution < 1.29 is 19.1 Å². The molecule has 0 heterocycles. The molecule has 0 aliphatic heterocycles. The molecule has 1 atom stereocenters. The molecule has 0 spiro atoms. The Morgan fingerprint density at radius 3 is 1.45 bits per heavy atom. The number of rotatable bonds is 24. The average molecular weight is 470 g/mol. The predicted molar refractivity (Wildman–Crippen MR) is 139 cm³/mol. The molecule has 0 saturated carbocycles. The van der Waals surface area contributed by atoms with E-state index in [9.17, 15) is 9.59 Å². The summed E-state index contributed by atoms with van der Waals surface area (Å²) in [6.45, 7) is 6.91. The van der Waals surface area contributed by atoms with Gasteiger partial charge in [0.2, 0.25) is 0 Å². The summed E-state index contributed by atoms with van der Waals surface area (Å²) in [6, 6.07) is -0.600. The van der Waals surface area contributed by atoms with Gasteiger partial charge in [0.15, 0.2) is 0 Å². The molecule has 0 rings (SSSR count). The third-order valence-electron chi connectivity index (χ3n) is 6.19. The molecule has 0 saturated heterocycles. The number of unbranched alkanes of at least 4 members (excludes halogenated alkanes) is 17. The molecule has 0 aromatic heterocycles. The maximum atomic E-state index is 12.4. The Hall–Kier alpha value is -1.26. The van der Waals surface area contributed by atoms with Crippen LogP contribution in [0.2, 0.25) is 0 Å². The van der Waals surface area contributed by atoms with Crippen molar-refractivity contribution in [2.24, 2.45) is 0 Å². The van der Waals surface area contributed by atoms with Crippen molar-refractivity contribution in [2.75, 3.05) is 13.2 Å². The fraction of sp³-hybridized carbons (Fsp3) is 0.929. The van der Waals surface area contributed by atoms with Crippen LogP contribution in [0.1, 0.15) is 149 Å². The molecule has 1 unspecified atom stereocenters. The van der Waals surface area contributed by atoms with Crippen LogP contribution in [0.3, 0.4) is 0 Å². The van der Waals surface area contributed by atoms with Gasteiger partial charge in [-0.25, -0.2) is 9.59 Å². The summed E-state index contributed by atoms with van der Waals surface area (Å²) in [5.74, 6) is -0.329. The van der Waals surface area contributed by atoms with Crippen molar-refractivity contribution in [3.8, 4) is 0 Å². The lowest BCUT2D eigenvalue weighted by atomic mass is 10.0. The molecule has 5 nitrogen and oxygen atoms in total. The van der Waals surface area contributed by atoms with Crippen molar-refractivity contribution in [3.05, 3.63) is 0 Å². The molecule has 0 aliphatic rings. The van der Waals surface area contributed by atoms with Gasteiger partial charge >= 0.3 is 12.1 Å². The second-order valence-electron chi connectivity index (χ2n) is 9.38. The Balaban J connectivity index is 3.68. The van der Waals surface area contributed by atoms with Gasteiger partial charge in [0.1, 0.15) is 6.04 Å². The Morgan fingerprint density at radius 1 is 0.576 bits per heavy atom. The number of amides is 1. The molecule has 0 fully saturated rings. The molecule has 33 heavy (non-hydrogen) atoms. The number of esters is 1. The Kier molecular flexibility index (Phi) is 24.4. The van der Waals surface area contributed by atoms with Crippen LogP contribution >= 0.6 is 0 Å². The van der Waals surface area contributed by atoms with E-state index in [0.29, 0.717) is 19.6 Å². The zero-order valence-corrected chi connectivity index (χ0v) is 22.3. The lowest BCUT2D eigenvalue weighted by Gasteiger charge is -2.17. The van der Waals surface area contributed by atoms with Crippen molar-refractivity contribution >= 4 is 12.1 Å². The average Bonchev–Trinajstić information content (AvgIpc) is 2.80. The number of carbonyl (C=O) groups is 2. The van der Waals surface area contributed by atoms with Gasteiger partial charge in [-0.15, -0.1) is 0 Å². The highest BCUT2D eigenvalue weighted by atomic mass is 16.6. The largest absolute Gasteiger partial charge is 0.464 e. The number of alkyl carbamates (subject to hydrolysis) is 1. The SMILES string of the molecule is CCCCCCCCCCCCCCCCCOC(=O)C(CCCCCC)NC(=O)OCC. The van der Waals surface area contributed by atoms with E-state index in [1.54, 1.807) is 6.92 Å². The highest BCUT2D eigenvalue weighted by Crippen LogP contribution is 2.13. The summed E-state index contributed by atoms with van der Waals surface area (Å²) in [6.07, 6.45) is 24.0. The van der Waals surface area contributed by atoms with E-state index in [0.717, 1.165) is 38.5 Å². The third kappa shape index (κ3) is 22.3. The monoisotopic (exact) mass is 469 g/mol. The normalized spacial score (nSPS) is 11.8. The fourth-order valence-electron chi connectivity index (χ4n) is 4.09. The first-order valence-electron chi connectivity index (χ1n) is 14.3. The van der Waals surface area contributed by atoms with E-state index in [2.05, 4.69) is 19.2 Å². The number of ether oxygens (including phenoxy) is 2. The Morgan fingerprint density at radius 2 is 1.00 bits per heavy atom. The van der Waals surface area contributed by atoms with Crippen LogP contribution in [0.4, 0.5) is 4.79 Å². The van der Waals surface area contributed by atoms with Gasteiger partial charge in [-0.05, 0) is 19.8 Å². The standard InChI is InChI=1S/C28H55NO4/c1-4-7-9-11-12-13-14-15-16-17-18-19-20-21-23-25-33-27(30)26(24-22-10-8-5-2)29-28(31)32-6-3/h26H,4-25H2,1-3H3,(H,29,31). The molecular weight excluding hydrogens is 414 g/mol. The number of hydrogen-bond donors (Lipinski definition) is 1. The van der Waals surface area contributed by atoms with E-state index in [4.69, 9.17) is 9.47 Å². The smallest absolute Gasteiger partial charge is 0.407 e. The summed E-state index contributed by atoms with van der Waals surface area (Å²) in [5.41, 5.74) is 0. The lowest BCUT2D eigenvalue weighted by molar-refractivity contribution is -0.146. The first-order valence-corrected chi connectivity index (χ1v) is 14.3. The lowest BCUT2D eigenvalue weighted by Crippen LogP contribution is -2.42. The van der Waals surface area contributed by atoms with Crippen molar-refractivity contribution in [1.29, 1.82) is 0 Å². The van der Waals surface area contributed by atoms with E-state index < -0.39 is 12.1 Å². The van der Waals surface area contributed by atoms with E-state index in [1.165, 1.54) is 83.5 Å². The van der Waals surface area contributed by atoms with Crippen molar-refractivity contribution in [3.63, 3.8) is 0 Å². The number of hydrogen-bond acceptors (Lipinski definition) is 4. The maximum Gasteiger partial charge on any atom is 0.407 e. The van der Waals surface area contributed by atoms with Gasteiger partial charge < -0.3 is 14.8 Å². The first-order chi connectivity index (χ1) is 16.2. The van der Waals surface area contributed by atoms with E-state index in [-0.39, 0.29) is 5.97 Å². The highest BCUT2D eigenvalue weighted by Gasteiger charge is 2.22. The van der Waals surface area contributed by atoms with E-state index >= 15 is 0 Å². The molecule has 0 aromatic carbocycles. The number of carbonyl (C=O) groups excluding carboxylic acids is 2. The Labute approximate surface area is 205 Å². The molecule has 1 amide bonds. The quantitative estimate of drug-likeness (QED) is 0.114. The third-order valence-corrected chi connectivity index (χ3v) is 6.19. The molecule has 0 radical (unpaired) electrons. The minimum Gasteiger partial charge on any atom is -0.464 e. The maximum absolute atomic E-state index is 12.4. The van der Waals surface area contributed by atoms with Crippen molar-refractivity contribution in [1.82, 2.24) is 5.32 Å². The Bertz CT molecular complexity index is 442. The topological polar surface area (TPSA) is 64.6 Å².